The van der Waals surface area contributed by atoms with E-state index in [2.05, 4.69) is 25.5 Å². The highest BCUT2D eigenvalue weighted by molar-refractivity contribution is 5.96. The number of aryl methyl sites for hydroxylation is 3. The SMILES string of the molecule is Cc1ccc(=O)n(CCN2CCCCC2CNC(=O)c2c(C)n[nH]c2C)n1. The summed E-state index contributed by atoms with van der Waals surface area (Å²) in [5, 5.41) is 14.3. The summed E-state index contributed by atoms with van der Waals surface area (Å²) in [6, 6.07) is 3.57. The summed E-state index contributed by atoms with van der Waals surface area (Å²) in [6.07, 6.45) is 3.34. The van der Waals surface area contributed by atoms with Gasteiger partial charge >= 0.3 is 0 Å². The zero-order valence-corrected chi connectivity index (χ0v) is 16.3. The number of carbonyl (C=O) groups excluding carboxylic acids is 1. The number of H-pyrrole nitrogens is 1. The summed E-state index contributed by atoms with van der Waals surface area (Å²) in [5.41, 5.74) is 2.90. The van der Waals surface area contributed by atoms with E-state index in [-0.39, 0.29) is 17.5 Å². The minimum Gasteiger partial charge on any atom is -0.350 e. The Morgan fingerprint density at radius 1 is 1.26 bits per heavy atom. The Kier molecular flexibility index (Phi) is 6.05. The lowest BCUT2D eigenvalue weighted by Crippen LogP contribution is -2.48. The third kappa shape index (κ3) is 4.63. The molecule has 1 atom stereocenters. The number of rotatable bonds is 6. The Hall–Kier alpha value is -2.48. The Morgan fingerprint density at radius 2 is 2.07 bits per heavy atom. The predicted octanol–water partition coefficient (Wildman–Crippen LogP) is 1.18. The van der Waals surface area contributed by atoms with Crippen molar-refractivity contribution in [2.45, 2.75) is 52.6 Å². The number of amides is 1. The van der Waals surface area contributed by atoms with Crippen LogP contribution in [0.2, 0.25) is 0 Å². The van der Waals surface area contributed by atoms with Gasteiger partial charge in [0.05, 0.1) is 23.5 Å². The normalized spacial score (nSPS) is 17.8. The van der Waals surface area contributed by atoms with E-state index in [1.807, 2.05) is 20.8 Å². The van der Waals surface area contributed by atoms with Gasteiger partial charge in [0.25, 0.3) is 11.5 Å². The number of aromatic amines is 1. The molecule has 0 aliphatic carbocycles. The van der Waals surface area contributed by atoms with Gasteiger partial charge in [0.2, 0.25) is 0 Å². The fraction of sp³-hybridized carbons (Fsp3) is 0.579. The van der Waals surface area contributed by atoms with Gasteiger partial charge in [-0.2, -0.15) is 10.2 Å². The molecule has 1 aliphatic heterocycles. The molecule has 0 spiro atoms. The van der Waals surface area contributed by atoms with E-state index in [1.165, 1.54) is 4.68 Å². The fourth-order valence-electron chi connectivity index (χ4n) is 3.70. The lowest BCUT2D eigenvalue weighted by molar-refractivity contribution is 0.0908. The van der Waals surface area contributed by atoms with Gasteiger partial charge in [-0.05, 0) is 46.2 Å². The first-order chi connectivity index (χ1) is 13.0. The van der Waals surface area contributed by atoms with Gasteiger partial charge in [0.1, 0.15) is 0 Å². The van der Waals surface area contributed by atoms with Crippen LogP contribution in [0.3, 0.4) is 0 Å². The van der Waals surface area contributed by atoms with Crippen LogP contribution in [0.1, 0.15) is 46.7 Å². The smallest absolute Gasteiger partial charge is 0.266 e. The summed E-state index contributed by atoms with van der Waals surface area (Å²) in [7, 11) is 0. The number of hydrogen-bond donors (Lipinski definition) is 2. The van der Waals surface area contributed by atoms with Crippen LogP contribution in [0.4, 0.5) is 0 Å². The van der Waals surface area contributed by atoms with E-state index >= 15 is 0 Å². The average Bonchev–Trinajstić information content (AvgIpc) is 2.99. The molecule has 3 heterocycles. The van der Waals surface area contributed by atoms with Crippen LogP contribution < -0.4 is 10.9 Å². The van der Waals surface area contributed by atoms with E-state index in [1.54, 1.807) is 12.1 Å². The van der Waals surface area contributed by atoms with Crippen molar-refractivity contribution in [1.29, 1.82) is 0 Å². The summed E-state index contributed by atoms with van der Waals surface area (Å²) in [5.74, 6) is -0.0826. The molecular weight excluding hydrogens is 344 g/mol. The Bertz CT molecular complexity index is 837. The number of hydrogen-bond acceptors (Lipinski definition) is 5. The molecule has 1 fully saturated rings. The van der Waals surface area contributed by atoms with Crippen molar-refractivity contribution < 1.29 is 4.79 Å². The first-order valence-electron chi connectivity index (χ1n) is 9.54. The zero-order valence-electron chi connectivity index (χ0n) is 16.3. The van der Waals surface area contributed by atoms with E-state index in [0.717, 1.165) is 49.4 Å². The predicted molar refractivity (Wildman–Crippen MR) is 103 cm³/mol. The summed E-state index contributed by atoms with van der Waals surface area (Å²) in [6.45, 7) is 8.46. The van der Waals surface area contributed by atoms with Crippen molar-refractivity contribution in [2.24, 2.45) is 0 Å². The lowest BCUT2D eigenvalue weighted by Gasteiger charge is -2.35. The van der Waals surface area contributed by atoms with E-state index < -0.39 is 0 Å². The van der Waals surface area contributed by atoms with Crippen LogP contribution in [0.5, 0.6) is 0 Å². The molecule has 0 radical (unpaired) electrons. The third-order valence-corrected chi connectivity index (χ3v) is 5.20. The molecule has 2 aromatic heterocycles. The van der Waals surface area contributed by atoms with E-state index in [4.69, 9.17) is 0 Å². The van der Waals surface area contributed by atoms with Crippen LogP contribution in [-0.2, 0) is 6.54 Å². The van der Waals surface area contributed by atoms with Crippen LogP contribution in [0.25, 0.3) is 0 Å². The highest BCUT2D eigenvalue weighted by atomic mass is 16.1. The highest BCUT2D eigenvalue weighted by Gasteiger charge is 2.24. The number of likely N-dealkylation sites (tertiary alicyclic amines) is 1. The molecule has 1 unspecified atom stereocenters. The van der Waals surface area contributed by atoms with Crippen molar-refractivity contribution in [3.05, 3.63) is 45.1 Å². The molecule has 1 saturated heterocycles. The monoisotopic (exact) mass is 372 g/mol. The summed E-state index contributed by atoms with van der Waals surface area (Å²) < 4.78 is 1.53. The molecule has 8 heteroatoms. The van der Waals surface area contributed by atoms with Crippen molar-refractivity contribution >= 4 is 5.91 Å². The molecule has 0 aromatic carbocycles. The molecule has 3 rings (SSSR count). The highest BCUT2D eigenvalue weighted by Crippen LogP contribution is 2.17. The number of piperidine rings is 1. The van der Waals surface area contributed by atoms with Gasteiger partial charge in [-0.15, -0.1) is 0 Å². The minimum absolute atomic E-state index is 0.0756. The largest absolute Gasteiger partial charge is 0.350 e. The average molecular weight is 372 g/mol. The second-order valence-corrected chi connectivity index (χ2v) is 7.24. The van der Waals surface area contributed by atoms with Gasteiger partial charge in [-0.1, -0.05) is 6.42 Å². The molecule has 2 aromatic rings. The molecule has 1 aliphatic rings. The zero-order chi connectivity index (χ0) is 19.4. The topological polar surface area (TPSA) is 95.9 Å². The van der Waals surface area contributed by atoms with Crippen molar-refractivity contribution in [2.75, 3.05) is 19.6 Å². The van der Waals surface area contributed by atoms with Crippen LogP contribution in [0.15, 0.2) is 16.9 Å². The standard InChI is InChI=1S/C19H28N6O2/c1-13-7-8-17(26)25(23-13)11-10-24-9-5-4-6-16(24)12-20-19(27)18-14(2)21-22-15(18)3/h7-8,16H,4-6,9-12H2,1-3H3,(H,20,27)(H,21,22). The van der Waals surface area contributed by atoms with E-state index in [0.29, 0.717) is 18.7 Å². The number of nitrogens with one attached hydrogen (secondary N) is 2. The molecular formula is C19H28N6O2. The summed E-state index contributed by atoms with van der Waals surface area (Å²) in [4.78, 5) is 26.8. The van der Waals surface area contributed by atoms with Crippen LogP contribution in [0, 0.1) is 20.8 Å². The molecule has 1 amide bonds. The maximum Gasteiger partial charge on any atom is 0.266 e. The molecule has 8 nitrogen and oxygen atoms in total. The number of carbonyl (C=O) groups is 1. The Morgan fingerprint density at radius 3 is 2.81 bits per heavy atom. The lowest BCUT2D eigenvalue weighted by atomic mass is 10.0. The minimum atomic E-state index is -0.0826. The van der Waals surface area contributed by atoms with E-state index in [9.17, 15) is 9.59 Å². The number of aromatic nitrogens is 4. The quantitative estimate of drug-likeness (QED) is 0.794. The first-order valence-corrected chi connectivity index (χ1v) is 9.54. The second-order valence-electron chi connectivity index (χ2n) is 7.24. The van der Waals surface area contributed by atoms with Crippen molar-refractivity contribution in [1.82, 2.24) is 30.2 Å². The molecule has 146 valence electrons. The van der Waals surface area contributed by atoms with Crippen molar-refractivity contribution in [3.8, 4) is 0 Å². The Labute approximate surface area is 159 Å². The molecule has 0 saturated carbocycles. The second kappa shape index (κ2) is 8.47. The van der Waals surface area contributed by atoms with Crippen LogP contribution >= 0.6 is 0 Å². The summed E-state index contributed by atoms with van der Waals surface area (Å²) >= 11 is 0. The van der Waals surface area contributed by atoms with Gasteiger partial charge in [-0.3, -0.25) is 19.6 Å². The van der Waals surface area contributed by atoms with Gasteiger partial charge in [0.15, 0.2) is 0 Å². The maximum absolute atomic E-state index is 12.5. The van der Waals surface area contributed by atoms with Gasteiger partial charge < -0.3 is 5.32 Å². The number of nitrogens with zero attached hydrogens (tertiary/aromatic N) is 4. The first kappa shape index (κ1) is 19.3. The van der Waals surface area contributed by atoms with Crippen molar-refractivity contribution in [3.63, 3.8) is 0 Å². The van der Waals surface area contributed by atoms with Gasteiger partial charge in [-0.25, -0.2) is 4.68 Å². The Balaban J connectivity index is 1.59. The third-order valence-electron chi connectivity index (χ3n) is 5.20. The molecule has 2 N–H and O–H groups in total. The van der Waals surface area contributed by atoms with Crippen LogP contribution in [-0.4, -0.2) is 56.5 Å². The maximum atomic E-state index is 12.5. The fourth-order valence-corrected chi connectivity index (χ4v) is 3.70. The molecule has 0 bridgehead atoms. The van der Waals surface area contributed by atoms with Gasteiger partial charge in [0, 0.05) is 30.9 Å². The molecule has 27 heavy (non-hydrogen) atoms.